The lowest BCUT2D eigenvalue weighted by atomic mass is 10.1. The number of hydrogen-bond acceptors (Lipinski definition) is 3. The summed E-state index contributed by atoms with van der Waals surface area (Å²) in [6.07, 6.45) is 0. The second-order valence-electron chi connectivity index (χ2n) is 6.39. The van der Waals surface area contributed by atoms with Crippen LogP contribution in [0.25, 0.3) is 22.4 Å². The van der Waals surface area contributed by atoms with Crippen molar-refractivity contribution in [1.82, 2.24) is 9.97 Å². The van der Waals surface area contributed by atoms with E-state index < -0.39 is 5.97 Å². The molecule has 0 aliphatic carbocycles. The minimum Gasteiger partial charge on any atom is -0.488 e. The van der Waals surface area contributed by atoms with E-state index in [-0.39, 0.29) is 5.56 Å². The molecule has 0 amide bonds. The first-order chi connectivity index (χ1) is 13.1. The van der Waals surface area contributed by atoms with E-state index in [1.165, 1.54) is 5.56 Å². The number of fused-ring (bicyclic) bond motifs is 1. The lowest BCUT2D eigenvalue weighted by molar-refractivity contribution is 0.0697. The maximum atomic E-state index is 11.2. The van der Waals surface area contributed by atoms with Crippen molar-refractivity contribution in [2.75, 3.05) is 0 Å². The summed E-state index contributed by atoms with van der Waals surface area (Å²) in [7, 11) is 0. The molecule has 5 nitrogen and oxygen atoms in total. The summed E-state index contributed by atoms with van der Waals surface area (Å²) in [6.45, 7) is 2.51. The van der Waals surface area contributed by atoms with Crippen molar-refractivity contribution in [3.8, 4) is 17.1 Å². The second kappa shape index (κ2) is 6.96. The predicted molar refractivity (Wildman–Crippen MR) is 104 cm³/mol. The average molecular weight is 358 g/mol. The molecule has 3 aromatic carbocycles. The van der Waals surface area contributed by atoms with E-state index in [2.05, 4.69) is 29.0 Å². The minimum atomic E-state index is -0.963. The van der Waals surface area contributed by atoms with Crippen LogP contribution >= 0.6 is 0 Å². The van der Waals surface area contributed by atoms with Gasteiger partial charge in [0, 0.05) is 0 Å². The highest BCUT2D eigenvalue weighted by atomic mass is 16.5. The van der Waals surface area contributed by atoms with Gasteiger partial charge >= 0.3 is 5.97 Å². The number of aromatic carboxylic acids is 1. The third kappa shape index (κ3) is 3.53. The van der Waals surface area contributed by atoms with E-state index >= 15 is 0 Å². The molecule has 1 heterocycles. The van der Waals surface area contributed by atoms with E-state index in [4.69, 9.17) is 9.84 Å². The molecule has 0 spiro atoms. The van der Waals surface area contributed by atoms with Gasteiger partial charge in [0.1, 0.15) is 18.2 Å². The van der Waals surface area contributed by atoms with Gasteiger partial charge in [0.05, 0.1) is 22.2 Å². The maximum absolute atomic E-state index is 11.2. The summed E-state index contributed by atoms with van der Waals surface area (Å²) in [6, 6.07) is 20.7. The third-order valence-electron chi connectivity index (χ3n) is 4.39. The van der Waals surface area contributed by atoms with Crippen molar-refractivity contribution in [3.05, 3.63) is 83.4 Å². The number of aromatic nitrogens is 2. The lowest BCUT2D eigenvalue weighted by Gasteiger charge is -2.10. The minimum absolute atomic E-state index is 0.224. The Hall–Kier alpha value is -3.60. The van der Waals surface area contributed by atoms with Crippen molar-refractivity contribution < 1.29 is 14.6 Å². The van der Waals surface area contributed by atoms with E-state index in [0.717, 1.165) is 16.9 Å². The molecule has 1 aromatic heterocycles. The summed E-state index contributed by atoms with van der Waals surface area (Å²) < 4.78 is 6.02. The first-order valence-corrected chi connectivity index (χ1v) is 8.61. The van der Waals surface area contributed by atoms with Crippen LogP contribution in [0.2, 0.25) is 0 Å². The molecule has 0 aliphatic heterocycles. The number of H-pyrrole nitrogens is 1. The van der Waals surface area contributed by atoms with Gasteiger partial charge in [0.15, 0.2) is 0 Å². The van der Waals surface area contributed by atoms with Gasteiger partial charge < -0.3 is 14.8 Å². The molecule has 0 atom stereocenters. The first kappa shape index (κ1) is 16.8. The number of nitrogens with zero attached hydrogens (tertiary/aromatic N) is 1. The van der Waals surface area contributed by atoms with Gasteiger partial charge in [0.2, 0.25) is 0 Å². The van der Waals surface area contributed by atoms with Crippen molar-refractivity contribution >= 4 is 17.0 Å². The van der Waals surface area contributed by atoms with Crippen LogP contribution < -0.4 is 4.74 Å². The average Bonchev–Trinajstić information content (AvgIpc) is 3.11. The number of nitrogens with one attached hydrogen (secondary N) is 1. The van der Waals surface area contributed by atoms with Gasteiger partial charge in [-0.15, -0.1) is 0 Å². The van der Waals surface area contributed by atoms with Crippen LogP contribution in [0, 0.1) is 6.92 Å². The highest BCUT2D eigenvalue weighted by molar-refractivity contribution is 5.93. The number of benzene rings is 3. The Bertz CT molecular complexity index is 1110. The number of aryl methyl sites for hydroxylation is 1. The normalized spacial score (nSPS) is 10.9. The molecule has 27 heavy (non-hydrogen) atoms. The van der Waals surface area contributed by atoms with Crippen molar-refractivity contribution in [2.45, 2.75) is 13.5 Å². The Morgan fingerprint density at radius 1 is 1.07 bits per heavy atom. The third-order valence-corrected chi connectivity index (χ3v) is 4.39. The molecule has 0 bridgehead atoms. The number of aromatic amines is 1. The number of para-hydroxylation sites is 1. The summed E-state index contributed by atoms with van der Waals surface area (Å²) in [5.74, 6) is 0.400. The standard InChI is InChI=1S/C22H18N2O3/c1-14-6-8-15(9-7-14)13-27-20-5-3-2-4-17(20)21-23-18-11-10-16(22(25)26)12-19(18)24-21/h2-12H,13H2,1H3,(H,23,24)(H,25,26). The quantitative estimate of drug-likeness (QED) is 0.536. The highest BCUT2D eigenvalue weighted by Crippen LogP contribution is 2.30. The molecule has 0 saturated carbocycles. The Balaban J connectivity index is 1.65. The maximum Gasteiger partial charge on any atom is 0.335 e. The second-order valence-corrected chi connectivity index (χ2v) is 6.39. The van der Waals surface area contributed by atoms with Crippen molar-refractivity contribution in [1.29, 1.82) is 0 Å². The molecule has 2 N–H and O–H groups in total. The molecule has 0 fully saturated rings. The monoisotopic (exact) mass is 358 g/mol. The zero-order chi connectivity index (χ0) is 18.8. The van der Waals surface area contributed by atoms with Gasteiger partial charge in [0.25, 0.3) is 0 Å². The van der Waals surface area contributed by atoms with Gasteiger partial charge in [-0.25, -0.2) is 9.78 Å². The van der Waals surface area contributed by atoms with E-state index in [0.29, 0.717) is 23.5 Å². The van der Waals surface area contributed by atoms with Crippen LogP contribution in [0.5, 0.6) is 5.75 Å². The SMILES string of the molecule is Cc1ccc(COc2ccccc2-c2nc3ccc(C(=O)O)cc3[nH]2)cc1. The molecule has 4 aromatic rings. The van der Waals surface area contributed by atoms with E-state index in [1.54, 1.807) is 18.2 Å². The van der Waals surface area contributed by atoms with Crippen molar-refractivity contribution in [3.63, 3.8) is 0 Å². The Morgan fingerprint density at radius 3 is 2.63 bits per heavy atom. The van der Waals surface area contributed by atoms with Gasteiger partial charge in [-0.3, -0.25) is 0 Å². The van der Waals surface area contributed by atoms with Crippen LogP contribution in [-0.2, 0) is 6.61 Å². The predicted octanol–water partition coefficient (Wildman–Crippen LogP) is 4.82. The topological polar surface area (TPSA) is 75.2 Å². The molecule has 5 heteroatoms. The zero-order valence-electron chi connectivity index (χ0n) is 14.8. The Kier molecular flexibility index (Phi) is 4.34. The Labute approximate surface area is 156 Å². The molecule has 0 saturated heterocycles. The smallest absolute Gasteiger partial charge is 0.335 e. The van der Waals surface area contributed by atoms with E-state index in [1.807, 2.05) is 36.4 Å². The van der Waals surface area contributed by atoms with Gasteiger partial charge in [-0.2, -0.15) is 0 Å². The largest absolute Gasteiger partial charge is 0.488 e. The number of hydrogen-bond donors (Lipinski definition) is 2. The van der Waals surface area contributed by atoms with Crippen LogP contribution in [0.4, 0.5) is 0 Å². The fourth-order valence-electron chi connectivity index (χ4n) is 2.90. The number of ether oxygens (including phenoxy) is 1. The Morgan fingerprint density at radius 2 is 1.85 bits per heavy atom. The van der Waals surface area contributed by atoms with Crippen LogP contribution in [0.15, 0.2) is 66.7 Å². The van der Waals surface area contributed by atoms with Gasteiger partial charge in [-0.1, -0.05) is 42.0 Å². The number of carboxylic acid groups (broad SMARTS) is 1. The zero-order valence-corrected chi connectivity index (χ0v) is 14.8. The molecular weight excluding hydrogens is 340 g/mol. The van der Waals surface area contributed by atoms with Crippen LogP contribution in [0.1, 0.15) is 21.5 Å². The van der Waals surface area contributed by atoms with Crippen LogP contribution in [-0.4, -0.2) is 21.0 Å². The number of imidazole rings is 1. The van der Waals surface area contributed by atoms with E-state index in [9.17, 15) is 4.79 Å². The molecule has 4 rings (SSSR count). The van der Waals surface area contributed by atoms with Crippen molar-refractivity contribution in [2.24, 2.45) is 0 Å². The molecule has 0 unspecified atom stereocenters. The summed E-state index contributed by atoms with van der Waals surface area (Å²) in [5.41, 5.74) is 4.74. The molecule has 0 radical (unpaired) electrons. The van der Waals surface area contributed by atoms with Gasteiger partial charge in [-0.05, 0) is 42.8 Å². The fraction of sp³-hybridized carbons (Fsp3) is 0.0909. The molecular formula is C22H18N2O3. The summed E-state index contributed by atoms with van der Waals surface area (Å²) in [4.78, 5) is 18.9. The fourth-order valence-corrected chi connectivity index (χ4v) is 2.90. The number of rotatable bonds is 5. The summed E-state index contributed by atoms with van der Waals surface area (Å²) in [5, 5.41) is 9.15. The highest BCUT2D eigenvalue weighted by Gasteiger charge is 2.12. The van der Waals surface area contributed by atoms with Crippen LogP contribution in [0.3, 0.4) is 0 Å². The molecule has 134 valence electrons. The number of carboxylic acids is 1. The first-order valence-electron chi connectivity index (χ1n) is 8.61. The number of carbonyl (C=O) groups is 1. The lowest BCUT2D eigenvalue weighted by Crippen LogP contribution is -1.97. The summed E-state index contributed by atoms with van der Waals surface area (Å²) >= 11 is 0. The molecule has 0 aliphatic rings.